The van der Waals surface area contributed by atoms with E-state index in [4.69, 9.17) is 9.84 Å². The molecule has 0 aliphatic rings. The molecule has 0 atom stereocenters. The van der Waals surface area contributed by atoms with Crippen LogP contribution in [0, 0.1) is 5.82 Å². The Hall–Kier alpha value is -1.83. The van der Waals surface area contributed by atoms with Crippen LogP contribution < -0.4 is 4.74 Å². The zero-order chi connectivity index (χ0) is 15.2. The van der Waals surface area contributed by atoms with E-state index in [0.717, 1.165) is 12.1 Å². The van der Waals surface area contributed by atoms with Gasteiger partial charge in [0.05, 0.1) is 18.8 Å². The van der Waals surface area contributed by atoms with Gasteiger partial charge in [0.15, 0.2) is 11.6 Å². The molecule has 1 aromatic carbocycles. The monoisotopic (exact) mass is 296 g/mol. The van der Waals surface area contributed by atoms with Crippen molar-refractivity contribution in [3.63, 3.8) is 0 Å². The number of aromatic carboxylic acids is 1. The average molecular weight is 296 g/mol. The van der Waals surface area contributed by atoms with Crippen LogP contribution in [0.1, 0.15) is 16.8 Å². The lowest BCUT2D eigenvalue weighted by atomic mass is 10.2. The molecule has 8 heteroatoms. The van der Waals surface area contributed by atoms with E-state index < -0.39 is 24.6 Å². The zero-order valence-electron chi connectivity index (χ0n) is 10.2. The molecule has 0 unspecified atom stereocenters. The maximum atomic E-state index is 13.4. The van der Waals surface area contributed by atoms with E-state index in [1.165, 1.54) is 6.07 Å². The summed E-state index contributed by atoms with van der Waals surface area (Å²) in [6.07, 6.45) is -4.23. The SMILES string of the molecule is O=C(O)c1ccc(OCCCOCC(F)(F)F)c(F)c1. The van der Waals surface area contributed by atoms with Crippen LogP contribution in [-0.2, 0) is 4.74 Å². The molecule has 0 saturated heterocycles. The molecule has 0 aliphatic heterocycles. The summed E-state index contributed by atoms with van der Waals surface area (Å²) in [6.45, 7) is -1.55. The summed E-state index contributed by atoms with van der Waals surface area (Å²) >= 11 is 0. The third-order valence-electron chi connectivity index (χ3n) is 2.14. The highest BCUT2D eigenvalue weighted by Crippen LogP contribution is 2.19. The first-order valence-electron chi connectivity index (χ1n) is 5.60. The van der Waals surface area contributed by atoms with Gasteiger partial charge in [0.2, 0.25) is 0 Å². The number of alkyl halides is 3. The summed E-state index contributed by atoms with van der Waals surface area (Å²) in [5.41, 5.74) is -0.219. The lowest BCUT2D eigenvalue weighted by Gasteiger charge is -2.09. The molecule has 0 heterocycles. The van der Waals surface area contributed by atoms with Crippen molar-refractivity contribution in [1.82, 2.24) is 0 Å². The van der Waals surface area contributed by atoms with Gasteiger partial charge < -0.3 is 14.6 Å². The first kappa shape index (κ1) is 16.2. The molecule has 1 rings (SSSR count). The highest BCUT2D eigenvalue weighted by molar-refractivity contribution is 5.87. The Kier molecular flexibility index (Phi) is 5.75. The number of rotatable bonds is 7. The quantitative estimate of drug-likeness (QED) is 0.621. The molecular formula is C12H12F4O4. The Morgan fingerprint density at radius 1 is 1.25 bits per heavy atom. The van der Waals surface area contributed by atoms with Gasteiger partial charge in [-0.15, -0.1) is 0 Å². The van der Waals surface area contributed by atoms with Gasteiger partial charge in [0.1, 0.15) is 6.61 Å². The van der Waals surface area contributed by atoms with Gasteiger partial charge in [-0.05, 0) is 18.2 Å². The van der Waals surface area contributed by atoms with E-state index in [2.05, 4.69) is 4.74 Å². The molecule has 4 nitrogen and oxygen atoms in total. The van der Waals surface area contributed by atoms with Gasteiger partial charge in [-0.25, -0.2) is 9.18 Å². The van der Waals surface area contributed by atoms with Crippen molar-refractivity contribution in [2.24, 2.45) is 0 Å². The molecule has 0 bridgehead atoms. The zero-order valence-corrected chi connectivity index (χ0v) is 10.2. The van der Waals surface area contributed by atoms with Crippen LogP contribution in [0.25, 0.3) is 0 Å². The Balaban J connectivity index is 2.31. The van der Waals surface area contributed by atoms with E-state index >= 15 is 0 Å². The van der Waals surface area contributed by atoms with Crippen molar-refractivity contribution < 1.29 is 36.9 Å². The summed E-state index contributed by atoms with van der Waals surface area (Å²) in [6, 6.07) is 3.12. The van der Waals surface area contributed by atoms with E-state index in [0.29, 0.717) is 0 Å². The van der Waals surface area contributed by atoms with Crippen LogP contribution >= 0.6 is 0 Å². The largest absolute Gasteiger partial charge is 0.490 e. The Labute approximate surface area is 111 Å². The number of benzene rings is 1. The molecule has 20 heavy (non-hydrogen) atoms. The molecule has 1 N–H and O–H groups in total. The fourth-order valence-electron chi connectivity index (χ4n) is 1.28. The first-order valence-corrected chi connectivity index (χ1v) is 5.60. The third-order valence-corrected chi connectivity index (χ3v) is 2.14. The lowest BCUT2D eigenvalue weighted by Crippen LogP contribution is -2.18. The van der Waals surface area contributed by atoms with Gasteiger partial charge in [-0.3, -0.25) is 0 Å². The Bertz CT molecular complexity index is 459. The summed E-state index contributed by atoms with van der Waals surface area (Å²) in [5, 5.41) is 8.62. The van der Waals surface area contributed by atoms with Crippen molar-refractivity contribution >= 4 is 5.97 Å². The Morgan fingerprint density at radius 3 is 2.50 bits per heavy atom. The number of hydrogen-bond acceptors (Lipinski definition) is 3. The molecular weight excluding hydrogens is 284 g/mol. The highest BCUT2D eigenvalue weighted by Gasteiger charge is 2.27. The van der Waals surface area contributed by atoms with E-state index in [9.17, 15) is 22.4 Å². The first-order chi connectivity index (χ1) is 9.29. The van der Waals surface area contributed by atoms with E-state index in [1.54, 1.807) is 0 Å². The predicted octanol–water partition coefficient (Wildman–Crippen LogP) is 2.87. The van der Waals surface area contributed by atoms with Crippen molar-refractivity contribution in [1.29, 1.82) is 0 Å². The van der Waals surface area contributed by atoms with Gasteiger partial charge >= 0.3 is 12.1 Å². The van der Waals surface area contributed by atoms with Gasteiger partial charge in [-0.1, -0.05) is 0 Å². The molecule has 0 aromatic heterocycles. The third kappa shape index (κ3) is 5.87. The highest BCUT2D eigenvalue weighted by atomic mass is 19.4. The smallest absolute Gasteiger partial charge is 0.411 e. The second kappa shape index (κ2) is 7.09. The molecule has 0 aliphatic carbocycles. The van der Waals surface area contributed by atoms with Crippen molar-refractivity contribution in [3.05, 3.63) is 29.6 Å². The fourth-order valence-corrected chi connectivity index (χ4v) is 1.28. The predicted molar refractivity (Wildman–Crippen MR) is 60.3 cm³/mol. The van der Waals surface area contributed by atoms with Crippen LogP contribution in [0.5, 0.6) is 5.75 Å². The topological polar surface area (TPSA) is 55.8 Å². The van der Waals surface area contributed by atoms with Gasteiger partial charge in [0, 0.05) is 6.42 Å². The Morgan fingerprint density at radius 2 is 1.95 bits per heavy atom. The van der Waals surface area contributed by atoms with Crippen LogP contribution in [0.3, 0.4) is 0 Å². The van der Waals surface area contributed by atoms with Gasteiger partial charge in [0.25, 0.3) is 0 Å². The molecule has 112 valence electrons. The molecule has 0 spiro atoms. The molecule has 0 radical (unpaired) electrons. The van der Waals surface area contributed by atoms with Crippen molar-refractivity contribution in [2.45, 2.75) is 12.6 Å². The van der Waals surface area contributed by atoms with Crippen LogP contribution in [0.15, 0.2) is 18.2 Å². The van der Waals surface area contributed by atoms with Crippen molar-refractivity contribution in [2.75, 3.05) is 19.8 Å². The lowest BCUT2D eigenvalue weighted by molar-refractivity contribution is -0.174. The average Bonchev–Trinajstić information content (AvgIpc) is 2.33. The maximum Gasteiger partial charge on any atom is 0.411 e. The minimum Gasteiger partial charge on any atom is -0.490 e. The number of carboxylic acid groups (broad SMARTS) is 1. The number of halogens is 4. The minimum atomic E-state index is -4.38. The second-order valence-corrected chi connectivity index (χ2v) is 3.82. The number of hydrogen-bond donors (Lipinski definition) is 1. The van der Waals surface area contributed by atoms with Crippen LogP contribution in [0.2, 0.25) is 0 Å². The van der Waals surface area contributed by atoms with Gasteiger partial charge in [-0.2, -0.15) is 13.2 Å². The number of ether oxygens (including phenoxy) is 2. The number of carboxylic acids is 1. The van der Waals surface area contributed by atoms with Crippen LogP contribution in [0.4, 0.5) is 17.6 Å². The summed E-state index contributed by atoms with van der Waals surface area (Å²) < 4.78 is 57.9. The van der Waals surface area contributed by atoms with E-state index in [1.807, 2.05) is 0 Å². The molecule has 0 amide bonds. The standard InChI is InChI=1S/C12H12F4O4/c13-9-6-8(11(17)18)2-3-10(9)20-5-1-4-19-7-12(14,15)16/h2-3,6H,1,4-5,7H2,(H,17,18). The summed E-state index contributed by atoms with van der Waals surface area (Å²) in [4.78, 5) is 10.6. The molecule has 1 aromatic rings. The molecule has 0 saturated carbocycles. The van der Waals surface area contributed by atoms with Crippen LogP contribution in [-0.4, -0.2) is 37.1 Å². The van der Waals surface area contributed by atoms with E-state index in [-0.39, 0.29) is 30.9 Å². The summed E-state index contributed by atoms with van der Waals surface area (Å²) in [5.74, 6) is -2.28. The maximum absolute atomic E-state index is 13.4. The second-order valence-electron chi connectivity index (χ2n) is 3.82. The molecule has 0 fully saturated rings. The minimum absolute atomic E-state index is 0.0405. The summed E-state index contributed by atoms with van der Waals surface area (Å²) in [7, 11) is 0. The van der Waals surface area contributed by atoms with Crippen molar-refractivity contribution in [3.8, 4) is 5.75 Å². The fraction of sp³-hybridized carbons (Fsp3) is 0.417. The number of carbonyl (C=O) groups is 1. The normalized spacial score (nSPS) is 11.4.